The fourth-order valence-electron chi connectivity index (χ4n) is 2.51. The Balaban J connectivity index is 1.66. The normalized spacial score (nSPS) is 14.6. The van der Waals surface area contributed by atoms with Crippen LogP contribution in [0, 0.1) is 13.8 Å². The second-order valence-electron chi connectivity index (χ2n) is 5.16. The van der Waals surface area contributed by atoms with Crippen LogP contribution in [0.4, 0.5) is 0 Å². The lowest BCUT2D eigenvalue weighted by atomic mass is 10.1. The Bertz CT molecular complexity index is 618. The van der Waals surface area contributed by atoms with E-state index >= 15 is 0 Å². The number of hydrogen-bond donors (Lipinski definition) is 1. The summed E-state index contributed by atoms with van der Waals surface area (Å²) in [5.41, 5.74) is 2.39. The topological polar surface area (TPSA) is 43.6 Å². The number of aryl methyl sites for hydroxylation is 2. The van der Waals surface area contributed by atoms with Crippen molar-refractivity contribution in [1.29, 1.82) is 0 Å². The van der Waals surface area contributed by atoms with E-state index in [1.165, 1.54) is 11.1 Å². The molecule has 1 unspecified atom stereocenters. The third kappa shape index (κ3) is 2.51. The number of furan rings is 1. The summed E-state index contributed by atoms with van der Waals surface area (Å²) >= 11 is 0. The van der Waals surface area contributed by atoms with Crippen molar-refractivity contribution in [3.05, 3.63) is 46.9 Å². The molecule has 0 radical (unpaired) electrons. The number of hydrogen-bond acceptors (Lipinski definition) is 4. The summed E-state index contributed by atoms with van der Waals surface area (Å²) in [4.78, 5) is 0. The van der Waals surface area contributed by atoms with E-state index in [1.54, 1.807) is 0 Å². The van der Waals surface area contributed by atoms with E-state index in [1.807, 2.05) is 26.0 Å². The molecule has 20 heavy (non-hydrogen) atoms. The average Bonchev–Trinajstić information content (AvgIpc) is 3.01. The number of nitrogens with one attached hydrogen (secondary N) is 1. The molecule has 2 heterocycles. The van der Waals surface area contributed by atoms with Gasteiger partial charge in [0.25, 0.3) is 0 Å². The third-order valence-corrected chi connectivity index (χ3v) is 3.60. The summed E-state index contributed by atoms with van der Waals surface area (Å²) in [6.45, 7) is 7.21. The number of rotatable bonds is 4. The zero-order valence-corrected chi connectivity index (χ0v) is 12.0. The van der Waals surface area contributed by atoms with Crippen LogP contribution < -0.4 is 14.8 Å². The fraction of sp³-hybridized carbons (Fsp3) is 0.375. The lowest BCUT2D eigenvalue weighted by Gasteiger charge is -2.13. The molecule has 1 aliphatic rings. The molecule has 4 heteroatoms. The van der Waals surface area contributed by atoms with Crippen molar-refractivity contribution in [3.8, 4) is 11.5 Å². The Kier molecular flexibility index (Phi) is 3.40. The Morgan fingerprint density at radius 1 is 1.15 bits per heavy atom. The zero-order valence-electron chi connectivity index (χ0n) is 12.0. The van der Waals surface area contributed by atoms with Gasteiger partial charge in [0.1, 0.15) is 11.5 Å². The molecule has 1 aromatic heterocycles. The number of ether oxygens (including phenoxy) is 2. The molecule has 1 aromatic carbocycles. The molecule has 4 nitrogen and oxygen atoms in total. The molecule has 1 aliphatic heterocycles. The maximum absolute atomic E-state index is 5.57. The van der Waals surface area contributed by atoms with Crippen LogP contribution in [-0.2, 0) is 6.54 Å². The largest absolute Gasteiger partial charge is 0.466 e. The van der Waals surface area contributed by atoms with E-state index < -0.39 is 0 Å². The van der Waals surface area contributed by atoms with E-state index in [9.17, 15) is 0 Å². The molecule has 1 N–H and O–H groups in total. The zero-order chi connectivity index (χ0) is 14.1. The first-order valence-corrected chi connectivity index (χ1v) is 6.82. The molecule has 0 bridgehead atoms. The van der Waals surface area contributed by atoms with Gasteiger partial charge < -0.3 is 19.2 Å². The Morgan fingerprint density at radius 2 is 1.95 bits per heavy atom. The van der Waals surface area contributed by atoms with Gasteiger partial charge >= 0.3 is 0 Å². The Morgan fingerprint density at radius 3 is 2.70 bits per heavy atom. The summed E-state index contributed by atoms with van der Waals surface area (Å²) in [5, 5.41) is 3.50. The summed E-state index contributed by atoms with van der Waals surface area (Å²) < 4.78 is 16.3. The van der Waals surface area contributed by atoms with E-state index in [0.717, 1.165) is 29.6 Å². The van der Waals surface area contributed by atoms with Crippen molar-refractivity contribution in [2.75, 3.05) is 6.79 Å². The van der Waals surface area contributed by atoms with Gasteiger partial charge in [0, 0.05) is 18.2 Å². The first-order valence-electron chi connectivity index (χ1n) is 6.82. The van der Waals surface area contributed by atoms with Gasteiger partial charge in [-0.3, -0.25) is 0 Å². The van der Waals surface area contributed by atoms with Gasteiger partial charge in [-0.2, -0.15) is 0 Å². The van der Waals surface area contributed by atoms with Crippen LogP contribution in [0.25, 0.3) is 0 Å². The predicted molar refractivity (Wildman–Crippen MR) is 76.0 cm³/mol. The van der Waals surface area contributed by atoms with Gasteiger partial charge in [0.2, 0.25) is 6.79 Å². The van der Waals surface area contributed by atoms with Crippen LogP contribution >= 0.6 is 0 Å². The highest BCUT2D eigenvalue weighted by molar-refractivity contribution is 5.44. The molecule has 0 aliphatic carbocycles. The van der Waals surface area contributed by atoms with Crippen LogP contribution in [0.5, 0.6) is 11.5 Å². The van der Waals surface area contributed by atoms with Crippen LogP contribution in [0.3, 0.4) is 0 Å². The van der Waals surface area contributed by atoms with Crippen LogP contribution in [-0.4, -0.2) is 6.79 Å². The highest BCUT2D eigenvalue weighted by Gasteiger charge is 2.15. The highest BCUT2D eigenvalue weighted by Crippen LogP contribution is 2.32. The van der Waals surface area contributed by atoms with Crippen molar-refractivity contribution < 1.29 is 13.9 Å². The monoisotopic (exact) mass is 273 g/mol. The second kappa shape index (κ2) is 5.21. The van der Waals surface area contributed by atoms with Crippen LogP contribution in [0.1, 0.15) is 35.6 Å². The minimum absolute atomic E-state index is 0.248. The van der Waals surface area contributed by atoms with Crippen LogP contribution in [0.2, 0.25) is 0 Å². The summed E-state index contributed by atoms with van der Waals surface area (Å²) in [7, 11) is 0. The van der Waals surface area contributed by atoms with Crippen LogP contribution in [0.15, 0.2) is 28.7 Å². The standard InChI is InChI=1S/C16H19NO3/c1-10-6-14(12(3)20-10)11(2)17-8-13-4-5-15-16(7-13)19-9-18-15/h4-7,11,17H,8-9H2,1-3H3. The molecule has 0 fully saturated rings. The lowest BCUT2D eigenvalue weighted by Crippen LogP contribution is -2.18. The maximum Gasteiger partial charge on any atom is 0.231 e. The van der Waals surface area contributed by atoms with E-state index in [0.29, 0.717) is 6.79 Å². The van der Waals surface area contributed by atoms with Gasteiger partial charge in [-0.1, -0.05) is 6.07 Å². The second-order valence-corrected chi connectivity index (χ2v) is 5.16. The van der Waals surface area contributed by atoms with Crippen molar-refractivity contribution >= 4 is 0 Å². The molecule has 0 saturated heterocycles. The molecule has 0 saturated carbocycles. The Labute approximate surface area is 118 Å². The van der Waals surface area contributed by atoms with E-state index in [4.69, 9.17) is 13.9 Å². The molecule has 0 spiro atoms. The number of benzene rings is 1. The lowest BCUT2D eigenvalue weighted by molar-refractivity contribution is 0.174. The molecular weight excluding hydrogens is 254 g/mol. The van der Waals surface area contributed by atoms with Crippen molar-refractivity contribution in [3.63, 3.8) is 0 Å². The highest BCUT2D eigenvalue weighted by atomic mass is 16.7. The molecule has 1 atom stereocenters. The van der Waals surface area contributed by atoms with E-state index in [2.05, 4.69) is 24.4 Å². The van der Waals surface area contributed by atoms with Gasteiger partial charge in [-0.15, -0.1) is 0 Å². The average molecular weight is 273 g/mol. The molecule has 0 amide bonds. The van der Waals surface area contributed by atoms with Gasteiger partial charge in [0.15, 0.2) is 11.5 Å². The first-order chi connectivity index (χ1) is 9.63. The van der Waals surface area contributed by atoms with Gasteiger partial charge in [-0.05, 0) is 44.5 Å². The van der Waals surface area contributed by atoms with E-state index in [-0.39, 0.29) is 6.04 Å². The molecule has 3 rings (SSSR count). The smallest absolute Gasteiger partial charge is 0.231 e. The first kappa shape index (κ1) is 13.1. The third-order valence-electron chi connectivity index (χ3n) is 3.60. The molecular formula is C16H19NO3. The van der Waals surface area contributed by atoms with Crippen molar-refractivity contribution in [2.45, 2.75) is 33.4 Å². The fourth-order valence-corrected chi connectivity index (χ4v) is 2.51. The SMILES string of the molecule is Cc1cc(C(C)NCc2ccc3c(c2)OCO3)c(C)o1. The number of fused-ring (bicyclic) bond motifs is 1. The predicted octanol–water partition coefficient (Wildman–Crippen LogP) is 3.48. The maximum atomic E-state index is 5.57. The molecule has 2 aromatic rings. The molecule has 106 valence electrons. The minimum Gasteiger partial charge on any atom is -0.466 e. The summed E-state index contributed by atoms with van der Waals surface area (Å²) in [5.74, 6) is 3.58. The summed E-state index contributed by atoms with van der Waals surface area (Å²) in [6.07, 6.45) is 0. The Hall–Kier alpha value is -1.94. The minimum atomic E-state index is 0.248. The van der Waals surface area contributed by atoms with Gasteiger partial charge in [-0.25, -0.2) is 0 Å². The summed E-state index contributed by atoms with van der Waals surface area (Å²) in [6, 6.07) is 8.37. The van der Waals surface area contributed by atoms with Crippen molar-refractivity contribution in [2.24, 2.45) is 0 Å². The van der Waals surface area contributed by atoms with Gasteiger partial charge in [0.05, 0.1) is 0 Å². The van der Waals surface area contributed by atoms with Crippen molar-refractivity contribution in [1.82, 2.24) is 5.32 Å². The quantitative estimate of drug-likeness (QED) is 0.926.